The summed E-state index contributed by atoms with van der Waals surface area (Å²) < 4.78 is 76.4. The topological polar surface area (TPSA) is 155 Å². The molecule has 0 bridgehead atoms. The van der Waals surface area contributed by atoms with Gasteiger partial charge in [0.2, 0.25) is 4.80 Å². The molecule has 2 aromatic heterocycles. The van der Waals surface area contributed by atoms with E-state index in [0.717, 1.165) is 15.9 Å². The molecule has 0 aliphatic rings. The number of urea groups is 1. The van der Waals surface area contributed by atoms with Crippen molar-refractivity contribution in [3.05, 3.63) is 16.4 Å². The number of ether oxygens (including phenoxy) is 2. The van der Waals surface area contributed by atoms with Crippen LogP contribution in [0.15, 0.2) is 16.0 Å². The summed E-state index contributed by atoms with van der Waals surface area (Å²) in [6, 6.07) is -2.29. The summed E-state index contributed by atoms with van der Waals surface area (Å²) in [5, 5.41) is 1.33. The smallest absolute Gasteiger partial charge is 0.390 e. The van der Waals surface area contributed by atoms with Gasteiger partial charge in [0.15, 0.2) is 0 Å². The molecule has 29 heavy (non-hydrogen) atoms. The lowest BCUT2D eigenvalue weighted by Crippen LogP contribution is -2.42. The molecule has 2 amide bonds. The van der Waals surface area contributed by atoms with Crippen molar-refractivity contribution in [2.75, 3.05) is 18.5 Å². The number of aryl methyl sites for hydroxylation is 1. The predicted octanol–water partition coefficient (Wildman–Crippen LogP) is 0.435. The van der Waals surface area contributed by atoms with E-state index in [1.165, 1.54) is 25.8 Å². The number of hydrogen-bond donors (Lipinski definition) is 1. The number of amides is 2. The molecule has 17 heteroatoms. The Balaban J connectivity index is 2.51. The maximum Gasteiger partial charge on any atom is 0.390 e. The van der Waals surface area contributed by atoms with E-state index in [1.54, 1.807) is 0 Å². The van der Waals surface area contributed by atoms with Gasteiger partial charge in [0.05, 0.1) is 20.6 Å². The first-order valence-corrected chi connectivity index (χ1v) is 9.70. The number of thiazole rings is 1. The fourth-order valence-corrected chi connectivity index (χ4v) is 3.81. The third-order valence-electron chi connectivity index (χ3n) is 3.05. The highest BCUT2D eigenvalue weighted by atomic mass is 32.2. The first-order chi connectivity index (χ1) is 13.5. The molecule has 12 nitrogen and oxygen atoms in total. The molecular formula is C12H14F3N7O5S2. The van der Waals surface area contributed by atoms with Crippen LogP contribution in [0.2, 0.25) is 0 Å². The largest absolute Gasteiger partial charge is 0.467 e. The minimum Gasteiger partial charge on any atom is -0.467 e. The van der Waals surface area contributed by atoms with Crippen molar-refractivity contribution >= 4 is 33.5 Å². The molecule has 0 aliphatic heterocycles. The van der Waals surface area contributed by atoms with E-state index >= 15 is 0 Å². The maximum atomic E-state index is 12.6. The third-order valence-corrected chi connectivity index (χ3v) is 5.17. The van der Waals surface area contributed by atoms with Crippen molar-refractivity contribution in [2.24, 2.45) is 10.1 Å². The molecule has 2 aromatic rings. The molecule has 0 spiro atoms. The molecule has 2 rings (SSSR count). The molecule has 2 N–H and O–H groups in total. The van der Waals surface area contributed by atoms with Crippen LogP contribution in [0.4, 0.5) is 23.9 Å². The number of carbonyl (C=O) groups is 1. The second-order valence-electron chi connectivity index (χ2n) is 5.02. The second kappa shape index (κ2) is 8.60. The zero-order valence-electron chi connectivity index (χ0n) is 14.8. The molecule has 2 heterocycles. The van der Waals surface area contributed by atoms with Crippen molar-refractivity contribution in [2.45, 2.75) is 19.1 Å². The monoisotopic (exact) mass is 457 g/mol. The van der Waals surface area contributed by atoms with E-state index in [4.69, 9.17) is 15.2 Å². The number of nitrogens with two attached hydrogens (primary N) is 1. The first kappa shape index (κ1) is 22.3. The molecular weight excluding hydrogens is 443 g/mol. The highest BCUT2D eigenvalue weighted by Gasteiger charge is 2.32. The Morgan fingerprint density at radius 1 is 1.28 bits per heavy atom. The standard InChI is InChI=1S/C12H14F3N7O5S2/c1-26-9-17-8(18-10(19-9)27-2)22(7(16)23)29(24,25)20-11-21(5-6-28-11)4-3-12(13,14)15/h5-6H,3-4H2,1-2H3,(H2,16,23)/b20-11+. The maximum absolute atomic E-state index is 12.6. The minimum atomic E-state index is -4.90. The Bertz CT molecular complexity index is 1030. The summed E-state index contributed by atoms with van der Waals surface area (Å²) in [5.74, 6) is -0.775. The number of aromatic nitrogens is 4. The van der Waals surface area contributed by atoms with Crippen LogP contribution in [-0.4, -0.2) is 54.4 Å². The summed E-state index contributed by atoms with van der Waals surface area (Å²) in [4.78, 5) is 22.4. The summed E-state index contributed by atoms with van der Waals surface area (Å²) in [5.41, 5.74) is 5.13. The van der Waals surface area contributed by atoms with Gasteiger partial charge < -0.3 is 19.8 Å². The molecule has 0 aliphatic carbocycles. The molecule has 0 fully saturated rings. The van der Waals surface area contributed by atoms with E-state index in [9.17, 15) is 26.4 Å². The van der Waals surface area contributed by atoms with Crippen molar-refractivity contribution in [1.82, 2.24) is 19.5 Å². The Kier molecular flexibility index (Phi) is 6.62. The number of primary amides is 1. The van der Waals surface area contributed by atoms with Gasteiger partial charge >= 0.3 is 34.4 Å². The van der Waals surface area contributed by atoms with Crippen LogP contribution in [0.5, 0.6) is 12.0 Å². The Hall–Kier alpha value is -2.95. The van der Waals surface area contributed by atoms with E-state index in [-0.39, 0.29) is 21.1 Å². The van der Waals surface area contributed by atoms with Crippen molar-refractivity contribution in [3.63, 3.8) is 0 Å². The third kappa shape index (κ3) is 5.76. The van der Waals surface area contributed by atoms with Gasteiger partial charge in [-0.1, -0.05) is 0 Å². The Morgan fingerprint density at radius 2 is 1.86 bits per heavy atom. The fourth-order valence-electron chi connectivity index (χ4n) is 1.84. The van der Waals surface area contributed by atoms with Gasteiger partial charge in [-0.3, -0.25) is 0 Å². The summed E-state index contributed by atoms with van der Waals surface area (Å²) >= 11 is 0.735. The number of anilines is 1. The van der Waals surface area contributed by atoms with Crippen LogP contribution in [0, 0.1) is 0 Å². The average Bonchev–Trinajstić information content (AvgIpc) is 3.04. The molecule has 0 atom stereocenters. The highest BCUT2D eigenvalue weighted by Crippen LogP contribution is 2.21. The molecule has 0 saturated heterocycles. The van der Waals surface area contributed by atoms with Gasteiger partial charge in [0.1, 0.15) is 0 Å². The van der Waals surface area contributed by atoms with Gasteiger partial charge in [0.25, 0.3) is 5.95 Å². The molecule has 0 saturated carbocycles. The fraction of sp³-hybridized carbons (Fsp3) is 0.417. The van der Waals surface area contributed by atoms with Gasteiger partial charge in [0, 0.05) is 18.1 Å². The summed E-state index contributed by atoms with van der Waals surface area (Å²) in [6.45, 7) is -0.578. The van der Waals surface area contributed by atoms with Gasteiger partial charge in [-0.05, 0) is 0 Å². The first-order valence-electron chi connectivity index (χ1n) is 7.42. The molecule has 0 unspecified atom stereocenters. The van der Waals surface area contributed by atoms with Gasteiger partial charge in [-0.2, -0.15) is 31.6 Å². The highest BCUT2D eigenvalue weighted by molar-refractivity contribution is 7.92. The summed E-state index contributed by atoms with van der Waals surface area (Å²) in [6.07, 6.45) is -4.45. The van der Waals surface area contributed by atoms with Crippen LogP contribution in [-0.2, 0) is 16.8 Å². The van der Waals surface area contributed by atoms with Crippen LogP contribution < -0.4 is 24.3 Å². The van der Waals surface area contributed by atoms with Crippen LogP contribution in [0.1, 0.15) is 6.42 Å². The molecule has 0 radical (unpaired) electrons. The lowest BCUT2D eigenvalue weighted by Gasteiger charge is -2.15. The molecule has 160 valence electrons. The predicted molar refractivity (Wildman–Crippen MR) is 92.5 cm³/mol. The number of carbonyl (C=O) groups excluding carboxylic acids is 1. The number of alkyl halides is 3. The van der Waals surface area contributed by atoms with E-state index in [2.05, 4.69) is 19.3 Å². The van der Waals surface area contributed by atoms with Crippen LogP contribution in [0.3, 0.4) is 0 Å². The number of hydrogen-bond acceptors (Lipinski definition) is 9. The lowest BCUT2D eigenvalue weighted by atomic mass is 10.4. The number of methoxy groups -OCH3 is 2. The summed E-state index contributed by atoms with van der Waals surface area (Å²) in [7, 11) is -2.56. The zero-order valence-corrected chi connectivity index (χ0v) is 16.5. The van der Waals surface area contributed by atoms with Crippen molar-refractivity contribution < 1.29 is 35.9 Å². The molecule has 0 aromatic carbocycles. The quantitative estimate of drug-likeness (QED) is 0.628. The van der Waals surface area contributed by atoms with E-state index in [0.29, 0.717) is 0 Å². The zero-order chi connectivity index (χ0) is 21.8. The normalized spacial score (nSPS) is 12.7. The number of halogens is 3. The van der Waals surface area contributed by atoms with E-state index < -0.39 is 41.3 Å². The second-order valence-corrected chi connectivity index (χ2v) is 7.34. The average molecular weight is 457 g/mol. The van der Waals surface area contributed by atoms with Gasteiger partial charge in [-0.25, -0.2) is 4.79 Å². The Labute approximate surface area is 165 Å². The van der Waals surface area contributed by atoms with E-state index in [1.807, 2.05) is 0 Å². The van der Waals surface area contributed by atoms with Crippen LogP contribution >= 0.6 is 11.3 Å². The van der Waals surface area contributed by atoms with Crippen LogP contribution in [0.25, 0.3) is 0 Å². The number of rotatable bonds is 7. The minimum absolute atomic E-state index is 0.0620. The lowest BCUT2D eigenvalue weighted by molar-refractivity contribution is -0.136. The SMILES string of the molecule is COc1nc(OC)nc(N(C(N)=O)S(=O)(=O)/N=c2/sccn2CCC(F)(F)F)n1. The number of nitrogens with zero attached hydrogens (tertiary/aromatic N) is 6. The van der Waals surface area contributed by atoms with Crippen molar-refractivity contribution in [1.29, 1.82) is 0 Å². The van der Waals surface area contributed by atoms with Crippen molar-refractivity contribution in [3.8, 4) is 12.0 Å². The van der Waals surface area contributed by atoms with Gasteiger partial charge in [-0.15, -0.1) is 25.0 Å². The Morgan fingerprint density at radius 3 is 2.34 bits per heavy atom.